The average molecular weight is 281 g/mol. The smallest absolute Gasteiger partial charge is 0.313 e. The van der Waals surface area contributed by atoms with Gasteiger partial charge < -0.3 is 9.67 Å². The Hall–Kier alpha value is -1.89. The lowest BCUT2D eigenvalue weighted by molar-refractivity contribution is -0.133. The van der Waals surface area contributed by atoms with Crippen LogP contribution in [0, 0.1) is 12.7 Å². The molecule has 100 valence electrons. The van der Waals surface area contributed by atoms with Crippen LogP contribution in [0.4, 0.5) is 4.39 Å². The van der Waals surface area contributed by atoms with Gasteiger partial charge in [-0.3, -0.25) is 4.79 Å². The van der Waals surface area contributed by atoms with E-state index in [0.717, 1.165) is 17.3 Å². The molecule has 5 nitrogen and oxygen atoms in total. The fourth-order valence-corrected chi connectivity index (χ4v) is 2.27. The van der Waals surface area contributed by atoms with E-state index in [9.17, 15) is 9.18 Å². The monoisotopic (exact) mass is 281 g/mol. The van der Waals surface area contributed by atoms with Crippen LogP contribution in [0.1, 0.15) is 5.56 Å². The van der Waals surface area contributed by atoms with Crippen molar-refractivity contribution in [3.05, 3.63) is 29.6 Å². The largest absolute Gasteiger partial charge is 0.481 e. The first kappa shape index (κ1) is 13.5. The molecule has 0 aliphatic heterocycles. The number of rotatable bonds is 4. The minimum Gasteiger partial charge on any atom is -0.481 e. The molecule has 0 spiro atoms. The predicted octanol–water partition coefficient (Wildman–Crippen LogP) is 2.11. The van der Waals surface area contributed by atoms with Crippen LogP contribution in [-0.2, 0) is 11.8 Å². The lowest BCUT2D eigenvalue weighted by atomic mass is 10.1. The molecule has 0 radical (unpaired) electrons. The topological polar surface area (TPSA) is 68.0 Å². The van der Waals surface area contributed by atoms with E-state index < -0.39 is 5.97 Å². The summed E-state index contributed by atoms with van der Waals surface area (Å²) in [5.74, 6) is -0.835. The molecule has 2 aromatic rings. The van der Waals surface area contributed by atoms with E-state index in [0.29, 0.717) is 16.5 Å². The van der Waals surface area contributed by atoms with Crippen molar-refractivity contribution in [2.75, 3.05) is 5.75 Å². The molecule has 0 aliphatic rings. The van der Waals surface area contributed by atoms with Crippen LogP contribution in [0.5, 0.6) is 0 Å². The maximum atomic E-state index is 13.3. The van der Waals surface area contributed by atoms with Crippen molar-refractivity contribution in [3.8, 4) is 11.4 Å². The number of nitrogens with zero attached hydrogens (tertiary/aromatic N) is 3. The maximum absolute atomic E-state index is 13.3. The Morgan fingerprint density at radius 2 is 2.21 bits per heavy atom. The highest BCUT2D eigenvalue weighted by molar-refractivity contribution is 7.99. The summed E-state index contributed by atoms with van der Waals surface area (Å²) in [5, 5.41) is 17.1. The van der Waals surface area contributed by atoms with Crippen molar-refractivity contribution in [3.63, 3.8) is 0 Å². The average Bonchev–Trinajstić information content (AvgIpc) is 2.71. The van der Waals surface area contributed by atoms with Crippen LogP contribution in [-0.4, -0.2) is 31.6 Å². The van der Waals surface area contributed by atoms with E-state index in [1.54, 1.807) is 17.7 Å². The third-order valence-electron chi connectivity index (χ3n) is 2.60. The van der Waals surface area contributed by atoms with E-state index in [1.165, 1.54) is 12.1 Å². The summed E-state index contributed by atoms with van der Waals surface area (Å²) in [6, 6.07) is 4.45. The van der Waals surface area contributed by atoms with Gasteiger partial charge in [0.1, 0.15) is 5.82 Å². The van der Waals surface area contributed by atoms with Gasteiger partial charge in [0.2, 0.25) is 0 Å². The number of aliphatic carboxylic acids is 1. The van der Waals surface area contributed by atoms with E-state index in [4.69, 9.17) is 5.11 Å². The first-order valence-electron chi connectivity index (χ1n) is 5.49. The zero-order valence-electron chi connectivity index (χ0n) is 10.4. The van der Waals surface area contributed by atoms with Gasteiger partial charge in [0, 0.05) is 12.6 Å². The summed E-state index contributed by atoms with van der Waals surface area (Å²) in [5.41, 5.74) is 1.53. The SMILES string of the molecule is Cc1ccc(F)cc1-c1nnc(SCC(=O)O)n1C. The number of carbonyl (C=O) groups is 1. The number of thioether (sulfide) groups is 1. The number of hydrogen-bond acceptors (Lipinski definition) is 4. The van der Waals surface area contributed by atoms with Crippen LogP contribution in [0.25, 0.3) is 11.4 Å². The summed E-state index contributed by atoms with van der Waals surface area (Å²) < 4.78 is 14.9. The molecule has 0 amide bonds. The third kappa shape index (κ3) is 2.93. The lowest BCUT2D eigenvalue weighted by Crippen LogP contribution is -2.01. The first-order chi connectivity index (χ1) is 8.99. The van der Waals surface area contributed by atoms with Gasteiger partial charge >= 0.3 is 5.97 Å². The number of halogens is 1. The van der Waals surface area contributed by atoms with E-state index in [1.807, 2.05) is 6.92 Å². The zero-order chi connectivity index (χ0) is 14.0. The Morgan fingerprint density at radius 1 is 1.47 bits per heavy atom. The number of aromatic nitrogens is 3. The summed E-state index contributed by atoms with van der Waals surface area (Å²) in [7, 11) is 1.73. The Bertz CT molecular complexity index is 627. The second-order valence-corrected chi connectivity index (χ2v) is 4.95. The second-order valence-electron chi connectivity index (χ2n) is 4.01. The molecule has 1 aromatic carbocycles. The predicted molar refractivity (Wildman–Crippen MR) is 69.5 cm³/mol. The van der Waals surface area contributed by atoms with Crippen LogP contribution in [0.2, 0.25) is 0 Å². The van der Waals surface area contributed by atoms with Crippen molar-refractivity contribution in [2.24, 2.45) is 7.05 Å². The number of carboxylic acid groups (broad SMARTS) is 1. The van der Waals surface area contributed by atoms with Crippen LogP contribution in [0.15, 0.2) is 23.4 Å². The van der Waals surface area contributed by atoms with E-state index >= 15 is 0 Å². The summed E-state index contributed by atoms with van der Waals surface area (Å²) in [6.45, 7) is 1.85. The molecule has 0 atom stereocenters. The highest BCUT2D eigenvalue weighted by atomic mass is 32.2. The van der Waals surface area contributed by atoms with Crippen molar-refractivity contribution in [1.82, 2.24) is 14.8 Å². The fraction of sp³-hybridized carbons (Fsp3) is 0.250. The van der Waals surface area contributed by atoms with Crippen molar-refractivity contribution in [1.29, 1.82) is 0 Å². The normalized spacial score (nSPS) is 10.7. The van der Waals surface area contributed by atoms with Gasteiger partial charge in [0.25, 0.3) is 0 Å². The highest BCUT2D eigenvalue weighted by Gasteiger charge is 2.14. The van der Waals surface area contributed by atoms with Gasteiger partial charge in [0.05, 0.1) is 5.75 Å². The molecule has 0 saturated heterocycles. The molecule has 1 heterocycles. The molecule has 1 N–H and O–H groups in total. The van der Waals surface area contributed by atoms with Gasteiger partial charge in [-0.2, -0.15) is 0 Å². The number of benzene rings is 1. The number of carboxylic acids is 1. The van der Waals surface area contributed by atoms with Gasteiger partial charge in [-0.05, 0) is 24.6 Å². The maximum Gasteiger partial charge on any atom is 0.313 e. The molecule has 0 saturated carbocycles. The third-order valence-corrected chi connectivity index (χ3v) is 3.61. The van der Waals surface area contributed by atoms with Crippen molar-refractivity contribution < 1.29 is 14.3 Å². The lowest BCUT2D eigenvalue weighted by Gasteiger charge is -2.06. The van der Waals surface area contributed by atoms with Gasteiger partial charge in [0.15, 0.2) is 11.0 Å². The second kappa shape index (κ2) is 5.40. The van der Waals surface area contributed by atoms with E-state index in [-0.39, 0.29) is 11.6 Å². The zero-order valence-corrected chi connectivity index (χ0v) is 11.2. The van der Waals surface area contributed by atoms with E-state index in [2.05, 4.69) is 10.2 Å². The fourth-order valence-electron chi connectivity index (χ4n) is 1.64. The molecule has 0 unspecified atom stereocenters. The quantitative estimate of drug-likeness (QED) is 0.869. The molecule has 0 bridgehead atoms. The minimum atomic E-state index is -0.920. The Labute approximate surface area is 113 Å². The van der Waals surface area contributed by atoms with Crippen molar-refractivity contribution in [2.45, 2.75) is 12.1 Å². The van der Waals surface area contributed by atoms with Crippen LogP contribution in [0.3, 0.4) is 0 Å². The molecule has 0 fully saturated rings. The number of hydrogen-bond donors (Lipinski definition) is 1. The summed E-state index contributed by atoms with van der Waals surface area (Å²) >= 11 is 1.08. The standard InChI is InChI=1S/C12H12FN3O2S/c1-7-3-4-8(13)5-9(7)11-14-15-12(16(11)2)19-6-10(17)18/h3-5H,6H2,1-2H3,(H,17,18). The molecule has 1 aromatic heterocycles. The minimum absolute atomic E-state index is 0.0892. The van der Waals surface area contributed by atoms with Crippen LogP contribution < -0.4 is 0 Å². The molecule has 0 aliphatic carbocycles. The molecule has 7 heteroatoms. The van der Waals surface area contributed by atoms with Crippen molar-refractivity contribution >= 4 is 17.7 Å². The first-order valence-corrected chi connectivity index (χ1v) is 6.48. The van der Waals surface area contributed by atoms with Crippen LogP contribution >= 0.6 is 11.8 Å². The number of aryl methyl sites for hydroxylation is 1. The summed E-state index contributed by atoms with van der Waals surface area (Å²) in [4.78, 5) is 10.5. The molecular formula is C12H12FN3O2S. The Morgan fingerprint density at radius 3 is 2.89 bits per heavy atom. The van der Waals surface area contributed by atoms with Gasteiger partial charge in [-0.25, -0.2) is 4.39 Å². The molecule has 19 heavy (non-hydrogen) atoms. The Balaban J connectivity index is 2.36. The van der Waals surface area contributed by atoms with Gasteiger partial charge in [-0.15, -0.1) is 10.2 Å². The molecular weight excluding hydrogens is 269 g/mol. The summed E-state index contributed by atoms with van der Waals surface area (Å²) in [6.07, 6.45) is 0. The molecule has 2 rings (SSSR count). The Kier molecular flexibility index (Phi) is 3.84. The van der Waals surface area contributed by atoms with Gasteiger partial charge in [-0.1, -0.05) is 17.8 Å². The highest BCUT2D eigenvalue weighted by Crippen LogP contribution is 2.25.